The van der Waals surface area contributed by atoms with Crippen LogP contribution >= 0.6 is 11.6 Å². The van der Waals surface area contributed by atoms with E-state index in [2.05, 4.69) is 16.3 Å². The van der Waals surface area contributed by atoms with Crippen molar-refractivity contribution >= 4 is 11.6 Å². The Bertz CT molecular complexity index is 64.7. The molecule has 5 heteroatoms. The van der Waals surface area contributed by atoms with Crippen LogP contribution < -0.4 is 22.1 Å². The van der Waals surface area contributed by atoms with Crippen molar-refractivity contribution in [1.82, 2.24) is 16.3 Å². The molecule has 1 fully saturated rings. The molecule has 0 aromatic carbocycles. The summed E-state index contributed by atoms with van der Waals surface area (Å²) in [6, 6.07) is 0. The highest BCUT2D eigenvalue weighted by Crippen LogP contribution is 1.99. The predicted octanol–water partition coefficient (Wildman–Crippen LogP) is -1.55. The molecule has 0 spiro atoms. The number of hydrogen-bond acceptors (Lipinski definition) is 4. The van der Waals surface area contributed by atoms with Crippen LogP contribution in [-0.4, -0.2) is 11.7 Å². The lowest BCUT2D eigenvalue weighted by Gasteiger charge is -2.33. The van der Waals surface area contributed by atoms with E-state index in [4.69, 9.17) is 17.4 Å². The Kier molecular flexibility index (Phi) is 1.46. The van der Waals surface area contributed by atoms with E-state index in [1.54, 1.807) is 0 Å². The maximum absolute atomic E-state index is 5.50. The molecule has 0 amide bonds. The topological polar surface area (TPSA) is 62.1 Å². The maximum Gasteiger partial charge on any atom is 0.126 e. The van der Waals surface area contributed by atoms with Gasteiger partial charge in [0.25, 0.3) is 0 Å². The molecule has 2 atom stereocenters. The Labute approximate surface area is 46.3 Å². The van der Waals surface area contributed by atoms with Crippen LogP contribution in [0.3, 0.4) is 0 Å². The molecule has 0 saturated carbocycles. The zero-order valence-electron chi connectivity index (χ0n) is 3.61. The summed E-state index contributed by atoms with van der Waals surface area (Å²) in [7, 11) is 0. The number of rotatable bonds is 1. The van der Waals surface area contributed by atoms with Crippen LogP contribution in [0.5, 0.6) is 0 Å². The summed E-state index contributed by atoms with van der Waals surface area (Å²) in [6.07, 6.45) is 0.0154. The van der Waals surface area contributed by atoms with Crippen molar-refractivity contribution in [3.8, 4) is 0 Å². The molecule has 0 radical (unpaired) electrons. The van der Waals surface area contributed by atoms with E-state index < -0.39 is 0 Å². The molecule has 0 aromatic rings. The smallest absolute Gasteiger partial charge is 0.126 e. The first kappa shape index (κ1) is 5.27. The lowest BCUT2D eigenvalue weighted by atomic mass is 10.4. The first-order valence-corrected chi connectivity index (χ1v) is 2.39. The van der Waals surface area contributed by atoms with Gasteiger partial charge in [-0.05, 0) is 0 Å². The Hall–Kier alpha value is 0.130. The highest BCUT2D eigenvalue weighted by Gasteiger charge is 2.25. The van der Waals surface area contributed by atoms with Crippen LogP contribution in [0.1, 0.15) is 0 Å². The molecule has 1 saturated heterocycles. The van der Waals surface area contributed by atoms with Crippen molar-refractivity contribution in [3.63, 3.8) is 0 Å². The zero-order valence-corrected chi connectivity index (χ0v) is 4.37. The predicted molar refractivity (Wildman–Crippen MR) is 27.0 cm³/mol. The quantitative estimate of drug-likeness (QED) is 0.147. The van der Waals surface area contributed by atoms with Gasteiger partial charge in [0.1, 0.15) is 11.7 Å². The molecule has 1 unspecified atom stereocenters. The highest BCUT2D eigenvalue weighted by molar-refractivity contribution is 6.21. The molecule has 0 bridgehead atoms. The van der Waals surface area contributed by atoms with Gasteiger partial charge in [-0.1, -0.05) is 0 Å². The van der Waals surface area contributed by atoms with E-state index in [0.717, 1.165) is 0 Å². The van der Waals surface area contributed by atoms with Gasteiger partial charge in [-0.25, -0.2) is 16.3 Å². The van der Waals surface area contributed by atoms with Gasteiger partial charge in [0, 0.05) is 0 Å². The van der Waals surface area contributed by atoms with E-state index in [1.165, 1.54) is 0 Å². The van der Waals surface area contributed by atoms with E-state index >= 15 is 0 Å². The van der Waals surface area contributed by atoms with Crippen LogP contribution in [0.4, 0.5) is 0 Å². The average Bonchev–Trinajstić information content (AvgIpc) is 1.65. The van der Waals surface area contributed by atoms with Gasteiger partial charge in [-0.15, -0.1) is 11.6 Å². The number of halogens is 1. The minimum atomic E-state index is -0.0787. The molecular formula is C2H7ClN4. The largest absolute Gasteiger partial charge is 0.270 e. The highest BCUT2D eigenvalue weighted by atomic mass is 35.5. The van der Waals surface area contributed by atoms with Crippen LogP contribution in [0.15, 0.2) is 0 Å². The summed E-state index contributed by atoms with van der Waals surface area (Å²) in [6.45, 7) is 0. The normalized spacial score (nSPS) is 40.3. The molecule has 1 aliphatic rings. The first-order chi connectivity index (χ1) is 3.34. The molecule has 42 valence electrons. The molecule has 7 heavy (non-hydrogen) atoms. The van der Waals surface area contributed by atoms with Crippen molar-refractivity contribution < 1.29 is 0 Å². The fraction of sp³-hybridized carbons (Fsp3) is 1.00. The van der Waals surface area contributed by atoms with Gasteiger partial charge in [-0.3, -0.25) is 5.84 Å². The van der Waals surface area contributed by atoms with Crippen LogP contribution in [0, 0.1) is 0 Å². The third-order valence-electron chi connectivity index (χ3n) is 0.849. The summed E-state index contributed by atoms with van der Waals surface area (Å²) >= 11 is 5.50. The van der Waals surface area contributed by atoms with E-state index in [0.29, 0.717) is 0 Å². The van der Waals surface area contributed by atoms with Gasteiger partial charge in [0.05, 0.1) is 0 Å². The molecule has 1 aliphatic heterocycles. The van der Waals surface area contributed by atoms with Crippen LogP contribution in [0.25, 0.3) is 0 Å². The van der Waals surface area contributed by atoms with Crippen molar-refractivity contribution in [2.45, 2.75) is 11.7 Å². The molecular weight excluding hydrogens is 116 g/mol. The van der Waals surface area contributed by atoms with E-state index in [9.17, 15) is 0 Å². The van der Waals surface area contributed by atoms with Crippen LogP contribution in [0.2, 0.25) is 0 Å². The van der Waals surface area contributed by atoms with Crippen molar-refractivity contribution in [2.75, 3.05) is 0 Å². The number of hydrogen-bond donors (Lipinski definition) is 4. The summed E-state index contributed by atoms with van der Waals surface area (Å²) in [4.78, 5) is 0. The standard InChI is InChI=1S/C2H7ClN4/c3-1-2(5-4)7-6-1/h1-2,5-7H,4H2/t1?,2-/m0/s1. The Balaban J connectivity index is 2.16. The van der Waals surface area contributed by atoms with E-state index in [-0.39, 0.29) is 11.7 Å². The second-order valence-corrected chi connectivity index (χ2v) is 1.80. The fourth-order valence-corrected chi connectivity index (χ4v) is 0.555. The SMILES string of the molecule is NN[C@H]1NNC1Cl. The average molecular weight is 123 g/mol. The lowest BCUT2D eigenvalue weighted by Crippen LogP contribution is -2.71. The maximum atomic E-state index is 5.50. The first-order valence-electron chi connectivity index (χ1n) is 1.96. The molecule has 5 N–H and O–H groups in total. The number of alkyl halides is 1. The monoisotopic (exact) mass is 122 g/mol. The Morgan fingerprint density at radius 3 is 2.29 bits per heavy atom. The molecule has 0 aliphatic carbocycles. The minimum Gasteiger partial charge on any atom is -0.270 e. The molecule has 0 aromatic heterocycles. The van der Waals surface area contributed by atoms with E-state index in [1.807, 2.05) is 0 Å². The van der Waals surface area contributed by atoms with Crippen molar-refractivity contribution in [3.05, 3.63) is 0 Å². The summed E-state index contributed by atoms with van der Waals surface area (Å²) in [5.74, 6) is 4.99. The summed E-state index contributed by atoms with van der Waals surface area (Å²) < 4.78 is 0. The fourth-order valence-electron chi connectivity index (χ4n) is 0.356. The van der Waals surface area contributed by atoms with Gasteiger partial charge >= 0.3 is 0 Å². The van der Waals surface area contributed by atoms with Crippen molar-refractivity contribution in [1.29, 1.82) is 0 Å². The lowest BCUT2D eigenvalue weighted by molar-refractivity contribution is 0.224. The van der Waals surface area contributed by atoms with Gasteiger partial charge in [-0.2, -0.15) is 0 Å². The Morgan fingerprint density at radius 1 is 1.57 bits per heavy atom. The second-order valence-electron chi connectivity index (χ2n) is 1.33. The second kappa shape index (κ2) is 1.94. The van der Waals surface area contributed by atoms with Gasteiger partial charge < -0.3 is 0 Å². The van der Waals surface area contributed by atoms with Crippen LogP contribution in [-0.2, 0) is 0 Å². The Morgan fingerprint density at radius 2 is 2.29 bits per heavy atom. The van der Waals surface area contributed by atoms with Gasteiger partial charge in [0.15, 0.2) is 0 Å². The number of nitrogens with one attached hydrogen (secondary N) is 3. The summed E-state index contributed by atoms with van der Waals surface area (Å²) in [5, 5.41) is 0. The molecule has 1 heterocycles. The molecule has 4 nitrogen and oxygen atoms in total. The molecule has 1 rings (SSSR count). The third kappa shape index (κ3) is 0.844. The third-order valence-corrected chi connectivity index (χ3v) is 1.21. The number of hydrazine groups is 2. The minimum absolute atomic E-state index is 0.0154. The summed E-state index contributed by atoms with van der Waals surface area (Å²) in [5.41, 5.74) is 7.78. The van der Waals surface area contributed by atoms with Gasteiger partial charge in [0.2, 0.25) is 0 Å². The zero-order chi connectivity index (χ0) is 5.28. The number of nitrogens with two attached hydrogens (primary N) is 1. The van der Waals surface area contributed by atoms with Crippen molar-refractivity contribution in [2.24, 2.45) is 5.84 Å².